The standard InChI is InChI=1S/C14H15N3O2/c1-19-14-6-5-12(9-17-11-15-10-16-17)8-13(14)4-2-3-7-18/h5-6,8,10-11,18H,3,7,9H2,1H3. The molecule has 0 saturated carbocycles. The molecule has 0 amide bonds. The van der Waals surface area contributed by atoms with Gasteiger partial charge in [-0.05, 0) is 17.7 Å². The maximum Gasteiger partial charge on any atom is 0.137 e. The third kappa shape index (κ3) is 3.57. The summed E-state index contributed by atoms with van der Waals surface area (Å²) in [4.78, 5) is 3.91. The van der Waals surface area contributed by atoms with Crippen LogP contribution in [0.2, 0.25) is 0 Å². The molecule has 5 nitrogen and oxygen atoms in total. The van der Waals surface area contributed by atoms with Gasteiger partial charge in [-0.3, -0.25) is 0 Å². The summed E-state index contributed by atoms with van der Waals surface area (Å²) in [5.74, 6) is 6.63. The molecular weight excluding hydrogens is 242 g/mol. The lowest BCUT2D eigenvalue weighted by atomic mass is 10.1. The van der Waals surface area contributed by atoms with E-state index in [4.69, 9.17) is 9.84 Å². The molecule has 1 heterocycles. The smallest absolute Gasteiger partial charge is 0.137 e. The Morgan fingerprint density at radius 1 is 1.42 bits per heavy atom. The van der Waals surface area contributed by atoms with Crippen molar-refractivity contribution in [3.63, 3.8) is 0 Å². The first-order chi connectivity index (χ1) is 9.33. The highest BCUT2D eigenvalue weighted by Crippen LogP contribution is 2.19. The van der Waals surface area contributed by atoms with Gasteiger partial charge in [0.1, 0.15) is 18.4 Å². The normalized spacial score (nSPS) is 9.79. The molecule has 19 heavy (non-hydrogen) atoms. The molecule has 2 aromatic rings. The Bertz CT molecular complexity index is 582. The summed E-state index contributed by atoms with van der Waals surface area (Å²) < 4.78 is 7.01. The zero-order valence-electron chi connectivity index (χ0n) is 10.7. The summed E-state index contributed by atoms with van der Waals surface area (Å²) in [7, 11) is 1.61. The van der Waals surface area contributed by atoms with Crippen molar-refractivity contribution in [3.8, 4) is 17.6 Å². The first-order valence-corrected chi connectivity index (χ1v) is 5.92. The van der Waals surface area contributed by atoms with Crippen molar-refractivity contribution < 1.29 is 9.84 Å². The number of aliphatic hydroxyl groups excluding tert-OH is 1. The molecule has 0 radical (unpaired) electrons. The molecule has 1 aromatic heterocycles. The van der Waals surface area contributed by atoms with E-state index in [1.165, 1.54) is 6.33 Å². The van der Waals surface area contributed by atoms with Crippen molar-refractivity contribution in [3.05, 3.63) is 42.0 Å². The number of nitrogens with zero attached hydrogens (tertiary/aromatic N) is 3. The van der Waals surface area contributed by atoms with E-state index in [9.17, 15) is 0 Å². The minimum atomic E-state index is 0.0635. The van der Waals surface area contributed by atoms with Gasteiger partial charge in [-0.2, -0.15) is 5.10 Å². The molecule has 0 spiro atoms. The highest BCUT2D eigenvalue weighted by molar-refractivity contribution is 5.48. The van der Waals surface area contributed by atoms with Crippen molar-refractivity contribution in [1.82, 2.24) is 14.8 Å². The molecule has 0 saturated heterocycles. The topological polar surface area (TPSA) is 60.2 Å². The lowest BCUT2D eigenvalue weighted by molar-refractivity contribution is 0.305. The van der Waals surface area contributed by atoms with Gasteiger partial charge >= 0.3 is 0 Å². The second-order valence-electron chi connectivity index (χ2n) is 3.90. The minimum absolute atomic E-state index is 0.0635. The number of benzene rings is 1. The molecular formula is C14H15N3O2. The lowest BCUT2D eigenvalue weighted by Crippen LogP contribution is -2.00. The fourth-order valence-corrected chi connectivity index (χ4v) is 1.67. The van der Waals surface area contributed by atoms with Crippen molar-refractivity contribution in [2.24, 2.45) is 0 Å². The van der Waals surface area contributed by atoms with Crippen molar-refractivity contribution >= 4 is 0 Å². The zero-order valence-corrected chi connectivity index (χ0v) is 10.7. The van der Waals surface area contributed by atoms with Crippen LogP contribution in [-0.2, 0) is 6.54 Å². The van der Waals surface area contributed by atoms with Gasteiger partial charge in [0.15, 0.2) is 0 Å². The number of hydrogen-bond donors (Lipinski definition) is 1. The van der Waals surface area contributed by atoms with Gasteiger partial charge in [-0.25, -0.2) is 9.67 Å². The van der Waals surface area contributed by atoms with E-state index in [1.54, 1.807) is 18.1 Å². The number of aliphatic hydroxyl groups is 1. The average Bonchev–Trinajstić information content (AvgIpc) is 2.92. The van der Waals surface area contributed by atoms with Crippen LogP contribution in [0.4, 0.5) is 0 Å². The number of hydrogen-bond acceptors (Lipinski definition) is 4. The molecule has 0 fully saturated rings. The van der Waals surface area contributed by atoms with Crippen LogP contribution in [0.1, 0.15) is 17.5 Å². The fourth-order valence-electron chi connectivity index (χ4n) is 1.67. The highest BCUT2D eigenvalue weighted by atomic mass is 16.5. The van der Waals surface area contributed by atoms with Crippen LogP contribution >= 0.6 is 0 Å². The Labute approximate surface area is 111 Å². The first-order valence-electron chi connectivity index (χ1n) is 5.92. The van der Waals surface area contributed by atoms with Gasteiger partial charge in [-0.15, -0.1) is 0 Å². The molecule has 5 heteroatoms. The summed E-state index contributed by atoms with van der Waals surface area (Å²) in [6, 6.07) is 5.82. The van der Waals surface area contributed by atoms with E-state index >= 15 is 0 Å². The summed E-state index contributed by atoms with van der Waals surface area (Å²) >= 11 is 0. The Morgan fingerprint density at radius 2 is 2.32 bits per heavy atom. The van der Waals surface area contributed by atoms with Gasteiger partial charge in [0.25, 0.3) is 0 Å². The number of methoxy groups -OCH3 is 1. The van der Waals surface area contributed by atoms with Crippen LogP contribution in [0.3, 0.4) is 0 Å². The van der Waals surface area contributed by atoms with Gasteiger partial charge in [-0.1, -0.05) is 17.9 Å². The highest BCUT2D eigenvalue weighted by Gasteiger charge is 2.03. The molecule has 0 aliphatic rings. The summed E-state index contributed by atoms with van der Waals surface area (Å²) in [5.41, 5.74) is 1.88. The monoisotopic (exact) mass is 257 g/mol. The van der Waals surface area contributed by atoms with E-state index in [0.717, 1.165) is 16.9 Å². The van der Waals surface area contributed by atoms with Crippen LogP contribution < -0.4 is 4.74 Å². The van der Waals surface area contributed by atoms with Crippen LogP contribution in [0, 0.1) is 11.8 Å². The Balaban J connectivity index is 2.23. The van der Waals surface area contributed by atoms with Crippen molar-refractivity contribution in [2.45, 2.75) is 13.0 Å². The van der Waals surface area contributed by atoms with Gasteiger partial charge in [0.05, 0.1) is 25.8 Å². The van der Waals surface area contributed by atoms with E-state index in [1.807, 2.05) is 18.2 Å². The van der Waals surface area contributed by atoms with Crippen LogP contribution in [0.5, 0.6) is 5.75 Å². The van der Waals surface area contributed by atoms with Gasteiger partial charge in [0, 0.05) is 6.42 Å². The SMILES string of the molecule is COc1ccc(Cn2cncn2)cc1C#CCCO. The molecule has 1 N–H and O–H groups in total. The van der Waals surface area contributed by atoms with Crippen LogP contribution in [-0.4, -0.2) is 33.6 Å². The van der Waals surface area contributed by atoms with Crippen molar-refractivity contribution in [2.75, 3.05) is 13.7 Å². The Hall–Kier alpha value is -2.32. The molecule has 1 aromatic carbocycles. The zero-order chi connectivity index (χ0) is 13.5. The van der Waals surface area contributed by atoms with Crippen LogP contribution in [0.25, 0.3) is 0 Å². The van der Waals surface area contributed by atoms with Gasteiger partial charge < -0.3 is 9.84 Å². The molecule has 0 bridgehead atoms. The number of rotatable bonds is 4. The lowest BCUT2D eigenvalue weighted by Gasteiger charge is -2.06. The molecule has 0 unspecified atom stereocenters. The fraction of sp³-hybridized carbons (Fsp3) is 0.286. The third-order valence-corrected chi connectivity index (χ3v) is 2.53. The quantitative estimate of drug-likeness (QED) is 0.832. The molecule has 98 valence electrons. The number of ether oxygens (including phenoxy) is 1. The van der Waals surface area contributed by atoms with Crippen LogP contribution in [0.15, 0.2) is 30.9 Å². The second-order valence-corrected chi connectivity index (χ2v) is 3.90. The van der Waals surface area contributed by atoms with E-state index < -0.39 is 0 Å². The summed E-state index contributed by atoms with van der Waals surface area (Å²) in [6.45, 7) is 0.701. The molecule has 2 rings (SSSR count). The first kappa shape index (κ1) is 13.1. The van der Waals surface area contributed by atoms with Crippen molar-refractivity contribution in [1.29, 1.82) is 0 Å². The summed E-state index contributed by atoms with van der Waals surface area (Å²) in [6.07, 6.45) is 3.63. The van der Waals surface area contributed by atoms with E-state index in [2.05, 4.69) is 21.9 Å². The summed E-state index contributed by atoms with van der Waals surface area (Å²) in [5, 5.41) is 12.8. The van der Waals surface area contributed by atoms with E-state index in [0.29, 0.717) is 13.0 Å². The Kier molecular flexibility index (Phi) is 4.54. The van der Waals surface area contributed by atoms with E-state index in [-0.39, 0.29) is 6.61 Å². The molecule has 0 atom stereocenters. The second kappa shape index (κ2) is 6.57. The van der Waals surface area contributed by atoms with Gasteiger partial charge in [0.2, 0.25) is 0 Å². The third-order valence-electron chi connectivity index (χ3n) is 2.53. The predicted molar refractivity (Wildman–Crippen MR) is 70.7 cm³/mol. The molecule has 0 aliphatic carbocycles. The largest absolute Gasteiger partial charge is 0.495 e. The maximum atomic E-state index is 8.74. The minimum Gasteiger partial charge on any atom is -0.495 e. The Morgan fingerprint density at radius 3 is 3.00 bits per heavy atom. The average molecular weight is 257 g/mol. The predicted octanol–water partition coefficient (Wildman–Crippen LogP) is 1.07. The molecule has 0 aliphatic heterocycles. The number of aromatic nitrogens is 3. The maximum absolute atomic E-state index is 8.74.